The highest BCUT2D eigenvalue weighted by atomic mass is 32.2. The van der Waals surface area contributed by atoms with E-state index in [2.05, 4.69) is 44.3 Å². The molecule has 1 aliphatic heterocycles. The first kappa shape index (κ1) is 22.7. The van der Waals surface area contributed by atoms with Crippen LogP contribution in [0.25, 0.3) is 0 Å². The van der Waals surface area contributed by atoms with E-state index in [0.717, 1.165) is 44.2 Å². The maximum absolute atomic E-state index is 11.9. The molecule has 2 heterocycles. The number of ether oxygens (including phenoxy) is 1. The predicted octanol–water partition coefficient (Wildman–Crippen LogP) is 2.21. The SMILES string of the molecule is COc1ccc(CN2CCc3nnc([C@@H](NS(C)(=O)=O)C(C)C)n3CC2)c(C)c1C. The van der Waals surface area contributed by atoms with Crippen molar-refractivity contribution in [2.75, 3.05) is 26.5 Å². The van der Waals surface area contributed by atoms with Gasteiger partial charge in [0.25, 0.3) is 0 Å². The average molecular weight is 436 g/mol. The summed E-state index contributed by atoms with van der Waals surface area (Å²) in [5, 5.41) is 8.73. The van der Waals surface area contributed by atoms with Crippen LogP contribution in [-0.2, 0) is 29.5 Å². The molecule has 9 heteroatoms. The molecule has 0 unspecified atom stereocenters. The number of hydrogen-bond acceptors (Lipinski definition) is 6. The van der Waals surface area contributed by atoms with Gasteiger partial charge in [-0.1, -0.05) is 19.9 Å². The molecule has 0 fully saturated rings. The Morgan fingerprint density at radius 1 is 1.13 bits per heavy atom. The summed E-state index contributed by atoms with van der Waals surface area (Å²) in [5.41, 5.74) is 3.73. The molecule has 1 aromatic heterocycles. The van der Waals surface area contributed by atoms with Crippen molar-refractivity contribution in [2.45, 2.75) is 53.2 Å². The van der Waals surface area contributed by atoms with Crippen LogP contribution in [0.5, 0.6) is 5.75 Å². The van der Waals surface area contributed by atoms with E-state index in [1.165, 1.54) is 22.9 Å². The monoisotopic (exact) mass is 435 g/mol. The minimum Gasteiger partial charge on any atom is -0.496 e. The van der Waals surface area contributed by atoms with Gasteiger partial charge in [0.15, 0.2) is 5.82 Å². The second kappa shape index (κ2) is 9.03. The van der Waals surface area contributed by atoms with E-state index in [4.69, 9.17) is 4.74 Å². The summed E-state index contributed by atoms with van der Waals surface area (Å²) in [7, 11) is -1.65. The molecule has 1 atom stereocenters. The fraction of sp³-hybridized carbons (Fsp3) is 0.619. The van der Waals surface area contributed by atoms with E-state index < -0.39 is 10.0 Å². The Kier molecular flexibility index (Phi) is 6.84. The molecule has 0 saturated heterocycles. The van der Waals surface area contributed by atoms with Crippen LogP contribution in [0.1, 0.15) is 48.2 Å². The number of methoxy groups -OCH3 is 1. The van der Waals surface area contributed by atoms with Crippen LogP contribution in [0.4, 0.5) is 0 Å². The molecule has 30 heavy (non-hydrogen) atoms. The minimum atomic E-state index is -3.35. The lowest BCUT2D eigenvalue weighted by molar-refractivity contribution is 0.268. The van der Waals surface area contributed by atoms with Crippen LogP contribution < -0.4 is 9.46 Å². The normalized spacial score (nSPS) is 16.4. The molecule has 1 aromatic carbocycles. The maximum atomic E-state index is 11.9. The van der Waals surface area contributed by atoms with Gasteiger partial charge >= 0.3 is 0 Å². The summed E-state index contributed by atoms with van der Waals surface area (Å²) in [4.78, 5) is 2.42. The summed E-state index contributed by atoms with van der Waals surface area (Å²) in [6, 6.07) is 3.79. The summed E-state index contributed by atoms with van der Waals surface area (Å²) in [6.07, 6.45) is 1.97. The maximum Gasteiger partial charge on any atom is 0.209 e. The zero-order chi connectivity index (χ0) is 22.1. The van der Waals surface area contributed by atoms with Gasteiger partial charge in [-0.15, -0.1) is 10.2 Å². The minimum absolute atomic E-state index is 0.0669. The van der Waals surface area contributed by atoms with Crippen molar-refractivity contribution in [1.82, 2.24) is 24.4 Å². The number of nitrogens with zero attached hydrogens (tertiary/aromatic N) is 4. The number of fused-ring (bicyclic) bond motifs is 1. The van der Waals surface area contributed by atoms with E-state index in [1.54, 1.807) is 7.11 Å². The van der Waals surface area contributed by atoms with Crippen molar-refractivity contribution < 1.29 is 13.2 Å². The number of aromatic nitrogens is 3. The zero-order valence-corrected chi connectivity index (χ0v) is 19.6. The Morgan fingerprint density at radius 3 is 2.50 bits per heavy atom. The van der Waals surface area contributed by atoms with E-state index in [9.17, 15) is 8.42 Å². The van der Waals surface area contributed by atoms with Gasteiger partial charge in [0.2, 0.25) is 10.0 Å². The van der Waals surface area contributed by atoms with Crippen molar-refractivity contribution in [1.29, 1.82) is 0 Å². The van der Waals surface area contributed by atoms with Crippen molar-refractivity contribution in [2.24, 2.45) is 5.92 Å². The molecule has 8 nitrogen and oxygen atoms in total. The highest BCUT2D eigenvalue weighted by Gasteiger charge is 2.28. The molecular weight excluding hydrogens is 402 g/mol. The predicted molar refractivity (Wildman–Crippen MR) is 117 cm³/mol. The van der Waals surface area contributed by atoms with Gasteiger partial charge in [0.05, 0.1) is 19.4 Å². The van der Waals surface area contributed by atoms with E-state index in [-0.39, 0.29) is 12.0 Å². The van der Waals surface area contributed by atoms with Crippen LogP contribution in [0.15, 0.2) is 12.1 Å². The second-order valence-electron chi connectivity index (χ2n) is 8.44. The number of rotatable bonds is 7. The van der Waals surface area contributed by atoms with E-state index in [1.807, 2.05) is 19.9 Å². The van der Waals surface area contributed by atoms with Gasteiger partial charge in [-0.3, -0.25) is 4.90 Å². The fourth-order valence-corrected chi connectivity index (χ4v) is 4.82. The lowest BCUT2D eigenvalue weighted by Crippen LogP contribution is -2.33. The third kappa shape index (κ3) is 5.01. The van der Waals surface area contributed by atoms with E-state index >= 15 is 0 Å². The number of hydrogen-bond donors (Lipinski definition) is 1. The Morgan fingerprint density at radius 2 is 1.87 bits per heavy atom. The molecule has 0 radical (unpaired) electrons. The number of nitrogens with one attached hydrogen (secondary N) is 1. The van der Waals surface area contributed by atoms with Crippen molar-refractivity contribution >= 4 is 10.0 Å². The van der Waals surface area contributed by atoms with Crippen molar-refractivity contribution in [3.63, 3.8) is 0 Å². The highest BCUT2D eigenvalue weighted by molar-refractivity contribution is 7.88. The quantitative estimate of drug-likeness (QED) is 0.717. The van der Waals surface area contributed by atoms with Gasteiger partial charge in [-0.25, -0.2) is 13.1 Å². The largest absolute Gasteiger partial charge is 0.496 e. The molecule has 0 saturated carbocycles. The first-order chi connectivity index (χ1) is 14.1. The van der Waals surface area contributed by atoms with Crippen LogP contribution in [0.2, 0.25) is 0 Å². The van der Waals surface area contributed by atoms with Crippen LogP contribution in [-0.4, -0.2) is 54.5 Å². The molecule has 0 bridgehead atoms. The summed E-state index contributed by atoms with van der Waals surface area (Å²) in [5.74, 6) is 2.60. The lowest BCUT2D eigenvalue weighted by atomic mass is 10.0. The molecule has 0 spiro atoms. The summed E-state index contributed by atoms with van der Waals surface area (Å²) < 4.78 is 34.0. The number of benzene rings is 1. The molecule has 3 rings (SSSR count). The highest BCUT2D eigenvalue weighted by Crippen LogP contribution is 2.26. The number of sulfonamides is 1. The first-order valence-electron chi connectivity index (χ1n) is 10.4. The summed E-state index contributed by atoms with van der Waals surface area (Å²) in [6.45, 7) is 11.5. The van der Waals surface area contributed by atoms with Crippen molar-refractivity contribution in [3.05, 3.63) is 40.5 Å². The lowest BCUT2D eigenvalue weighted by Gasteiger charge is -2.23. The molecule has 0 amide bonds. The van der Waals surface area contributed by atoms with Gasteiger partial charge in [-0.05, 0) is 42.5 Å². The second-order valence-corrected chi connectivity index (χ2v) is 10.2. The van der Waals surface area contributed by atoms with Crippen LogP contribution in [0, 0.1) is 19.8 Å². The molecule has 0 aliphatic carbocycles. The third-order valence-corrected chi connectivity index (χ3v) is 6.58. The van der Waals surface area contributed by atoms with E-state index in [0.29, 0.717) is 5.82 Å². The first-order valence-corrected chi connectivity index (χ1v) is 12.2. The molecule has 2 aromatic rings. The Labute approximate surface area is 179 Å². The molecule has 1 N–H and O–H groups in total. The van der Waals surface area contributed by atoms with Gasteiger partial charge in [0.1, 0.15) is 11.6 Å². The average Bonchev–Trinajstić information content (AvgIpc) is 2.96. The molecular formula is C21H33N5O3S. The van der Waals surface area contributed by atoms with Gasteiger partial charge in [0, 0.05) is 32.6 Å². The Hall–Kier alpha value is -1.97. The standard InChI is InChI=1S/C21H33N5O3S/c1-14(2)20(24-30(6,27)28)21-23-22-19-9-10-25(11-12-26(19)21)13-17-7-8-18(29-5)16(4)15(17)3/h7-8,14,20,24H,9-13H2,1-6H3/t20-/m0/s1. The smallest absolute Gasteiger partial charge is 0.209 e. The Bertz CT molecular complexity index is 1000. The van der Waals surface area contributed by atoms with Gasteiger partial charge < -0.3 is 9.30 Å². The fourth-order valence-electron chi connectivity index (χ4n) is 3.98. The summed E-state index contributed by atoms with van der Waals surface area (Å²) >= 11 is 0. The third-order valence-electron chi connectivity index (χ3n) is 5.90. The van der Waals surface area contributed by atoms with Crippen molar-refractivity contribution in [3.8, 4) is 5.75 Å². The van der Waals surface area contributed by atoms with Gasteiger partial charge in [-0.2, -0.15) is 0 Å². The molecule has 166 valence electrons. The van der Waals surface area contributed by atoms with Crippen LogP contribution >= 0.6 is 0 Å². The molecule has 1 aliphatic rings. The topological polar surface area (TPSA) is 89.3 Å². The Balaban J connectivity index is 1.78. The zero-order valence-electron chi connectivity index (χ0n) is 18.8. The van der Waals surface area contributed by atoms with Crippen LogP contribution in [0.3, 0.4) is 0 Å².